The van der Waals surface area contributed by atoms with Crippen molar-refractivity contribution in [2.45, 2.75) is 12.8 Å². The molecule has 1 aliphatic rings. The van der Waals surface area contributed by atoms with E-state index in [9.17, 15) is 9.90 Å². The number of carbonyl (C=O) groups is 1. The highest BCUT2D eigenvalue weighted by molar-refractivity contribution is 5.92. The molecule has 0 bridgehead atoms. The Morgan fingerprint density at radius 3 is 2.55 bits per heavy atom. The highest BCUT2D eigenvalue weighted by Crippen LogP contribution is 2.10. The fraction of sp³-hybridized carbons (Fsp3) is 0.571. The molecular weight excluding hydrogens is 258 g/mol. The summed E-state index contributed by atoms with van der Waals surface area (Å²) >= 11 is 0. The van der Waals surface area contributed by atoms with E-state index in [4.69, 9.17) is 5.11 Å². The summed E-state index contributed by atoms with van der Waals surface area (Å²) < 4.78 is 0. The lowest BCUT2D eigenvalue weighted by Crippen LogP contribution is -2.49. The molecule has 110 valence electrons. The van der Waals surface area contributed by atoms with Gasteiger partial charge in [0.1, 0.15) is 11.4 Å². The number of hydrogen-bond acceptors (Lipinski definition) is 5. The van der Waals surface area contributed by atoms with Crippen molar-refractivity contribution >= 4 is 5.91 Å². The summed E-state index contributed by atoms with van der Waals surface area (Å²) in [5, 5.41) is 17.9. The first-order valence-corrected chi connectivity index (χ1v) is 6.98. The van der Waals surface area contributed by atoms with E-state index >= 15 is 0 Å². The van der Waals surface area contributed by atoms with Crippen LogP contribution in [0.1, 0.15) is 23.3 Å². The summed E-state index contributed by atoms with van der Waals surface area (Å²) in [6.07, 6.45) is 3.11. The molecular formula is C14H21N3O3. The summed E-state index contributed by atoms with van der Waals surface area (Å²) in [5.41, 5.74) is 0.372. The van der Waals surface area contributed by atoms with E-state index in [1.54, 1.807) is 11.0 Å². The zero-order valence-corrected chi connectivity index (χ0v) is 11.5. The second-order valence-electron chi connectivity index (χ2n) is 4.97. The Morgan fingerprint density at radius 2 is 1.95 bits per heavy atom. The minimum Gasteiger partial charge on any atom is -0.506 e. The van der Waals surface area contributed by atoms with Crippen LogP contribution in [0.4, 0.5) is 0 Å². The predicted molar refractivity (Wildman–Crippen MR) is 74.6 cm³/mol. The van der Waals surface area contributed by atoms with Crippen LogP contribution in [-0.2, 0) is 0 Å². The number of aliphatic hydroxyl groups is 1. The fourth-order valence-electron chi connectivity index (χ4n) is 2.30. The number of aromatic hydroxyl groups is 1. The van der Waals surface area contributed by atoms with Gasteiger partial charge in [0.05, 0.1) is 6.20 Å². The molecule has 1 aromatic rings. The second kappa shape index (κ2) is 7.21. The summed E-state index contributed by atoms with van der Waals surface area (Å²) in [5.74, 6) is -0.0183. The largest absolute Gasteiger partial charge is 0.506 e. The van der Waals surface area contributed by atoms with Gasteiger partial charge in [0, 0.05) is 32.8 Å². The molecule has 20 heavy (non-hydrogen) atoms. The first-order chi connectivity index (χ1) is 9.70. The molecule has 0 atom stereocenters. The van der Waals surface area contributed by atoms with Crippen LogP contribution in [0.25, 0.3) is 0 Å². The summed E-state index contributed by atoms with van der Waals surface area (Å²) in [6.45, 7) is 4.32. The molecule has 6 heteroatoms. The van der Waals surface area contributed by atoms with Gasteiger partial charge in [-0.05, 0) is 31.5 Å². The van der Waals surface area contributed by atoms with Crippen LogP contribution in [0.2, 0.25) is 0 Å². The van der Waals surface area contributed by atoms with Crippen LogP contribution >= 0.6 is 0 Å². The second-order valence-corrected chi connectivity index (χ2v) is 4.97. The lowest BCUT2D eigenvalue weighted by molar-refractivity contribution is 0.0628. The van der Waals surface area contributed by atoms with Crippen molar-refractivity contribution in [3.05, 3.63) is 24.0 Å². The van der Waals surface area contributed by atoms with Crippen LogP contribution in [0, 0.1) is 0 Å². The molecule has 2 rings (SSSR count). The van der Waals surface area contributed by atoms with Crippen LogP contribution in [0.3, 0.4) is 0 Å². The maximum atomic E-state index is 12.2. The molecule has 0 saturated carbocycles. The molecule has 1 fully saturated rings. The van der Waals surface area contributed by atoms with Crippen molar-refractivity contribution in [3.8, 4) is 5.75 Å². The van der Waals surface area contributed by atoms with Crippen LogP contribution in [0.15, 0.2) is 18.3 Å². The number of pyridine rings is 1. The van der Waals surface area contributed by atoms with E-state index < -0.39 is 0 Å². The number of piperazine rings is 1. The Hall–Kier alpha value is -1.66. The molecule has 1 aromatic heterocycles. The summed E-state index contributed by atoms with van der Waals surface area (Å²) in [6, 6.07) is 3.02. The van der Waals surface area contributed by atoms with Gasteiger partial charge < -0.3 is 15.1 Å². The van der Waals surface area contributed by atoms with Gasteiger partial charge in [-0.1, -0.05) is 0 Å². The Bertz CT molecular complexity index is 428. The molecule has 0 spiro atoms. The predicted octanol–water partition coefficient (Wildman–Crippen LogP) is 0.317. The Labute approximate surface area is 118 Å². The number of nitrogens with zero attached hydrogens (tertiary/aromatic N) is 3. The number of unbranched alkanes of at least 4 members (excludes halogenated alkanes) is 1. The van der Waals surface area contributed by atoms with Gasteiger partial charge in [-0.25, -0.2) is 4.98 Å². The van der Waals surface area contributed by atoms with Gasteiger partial charge in [0.2, 0.25) is 0 Å². The van der Waals surface area contributed by atoms with Crippen molar-refractivity contribution in [1.29, 1.82) is 0 Å². The number of amides is 1. The average Bonchev–Trinajstić information content (AvgIpc) is 2.48. The van der Waals surface area contributed by atoms with Crippen molar-refractivity contribution in [1.82, 2.24) is 14.8 Å². The maximum Gasteiger partial charge on any atom is 0.272 e. The molecule has 0 aromatic carbocycles. The topological polar surface area (TPSA) is 76.9 Å². The number of aromatic nitrogens is 1. The Morgan fingerprint density at radius 1 is 1.20 bits per heavy atom. The van der Waals surface area contributed by atoms with Crippen LogP contribution in [0.5, 0.6) is 5.75 Å². The summed E-state index contributed by atoms with van der Waals surface area (Å²) in [4.78, 5) is 20.3. The zero-order chi connectivity index (χ0) is 14.4. The quantitative estimate of drug-likeness (QED) is 0.759. The molecule has 0 aliphatic carbocycles. The zero-order valence-electron chi connectivity index (χ0n) is 11.5. The molecule has 1 amide bonds. The van der Waals surface area contributed by atoms with Crippen molar-refractivity contribution in [2.24, 2.45) is 0 Å². The smallest absolute Gasteiger partial charge is 0.272 e. The van der Waals surface area contributed by atoms with E-state index in [-0.39, 0.29) is 18.3 Å². The molecule has 1 saturated heterocycles. The van der Waals surface area contributed by atoms with E-state index in [0.717, 1.165) is 32.5 Å². The summed E-state index contributed by atoms with van der Waals surface area (Å²) in [7, 11) is 0. The number of carbonyl (C=O) groups excluding carboxylic acids is 1. The third-order valence-electron chi connectivity index (χ3n) is 3.51. The number of hydrogen-bond donors (Lipinski definition) is 2. The van der Waals surface area contributed by atoms with Gasteiger partial charge in [-0.2, -0.15) is 0 Å². The Balaban J connectivity index is 1.81. The highest BCUT2D eigenvalue weighted by atomic mass is 16.3. The van der Waals surface area contributed by atoms with Gasteiger partial charge >= 0.3 is 0 Å². The fourth-order valence-corrected chi connectivity index (χ4v) is 2.30. The monoisotopic (exact) mass is 279 g/mol. The number of rotatable bonds is 5. The molecule has 2 N–H and O–H groups in total. The molecule has 2 heterocycles. The standard InChI is InChI=1S/C14H21N3O3/c18-10-2-1-5-16-6-8-17(9-7-16)14(20)13-4-3-12(19)11-15-13/h3-4,11,18-19H,1-2,5-10H2. The molecule has 0 radical (unpaired) electrons. The van der Waals surface area contributed by atoms with E-state index in [1.807, 2.05) is 0 Å². The third kappa shape index (κ3) is 3.91. The van der Waals surface area contributed by atoms with E-state index in [1.165, 1.54) is 12.3 Å². The maximum absolute atomic E-state index is 12.2. The van der Waals surface area contributed by atoms with Gasteiger partial charge in [-0.15, -0.1) is 0 Å². The molecule has 1 aliphatic heterocycles. The lowest BCUT2D eigenvalue weighted by Gasteiger charge is -2.34. The first kappa shape index (κ1) is 14.7. The average molecular weight is 279 g/mol. The third-order valence-corrected chi connectivity index (χ3v) is 3.51. The van der Waals surface area contributed by atoms with Crippen molar-refractivity contribution in [3.63, 3.8) is 0 Å². The SMILES string of the molecule is O=C(c1ccc(O)cn1)N1CCN(CCCCO)CC1. The molecule has 6 nitrogen and oxygen atoms in total. The van der Waals surface area contributed by atoms with Crippen LogP contribution < -0.4 is 0 Å². The normalized spacial score (nSPS) is 16.4. The van der Waals surface area contributed by atoms with E-state index in [0.29, 0.717) is 18.8 Å². The lowest BCUT2D eigenvalue weighted by atomic mass is 10.2. The van der Waals surface area contributed by atoms with Gasteiger partial charge in [0.25, 0.3) is 5.91 Å². The first-order valence-electron chi connectivity index (χ1n) is 6.98. The highest BCUT2D eigenvalue weighted by Gasteiger charge is 2.22. The van der Waals surface area contributed by atoms with E-state index in [2.05, 4.69) is 9.88 Å². The van der Waals surface area contributed by atoms with Crippen molar-refractivity contribution in [2.75, 3.05) is 39.3 Å². The Kier molecular flexibility index (Phi) is 5.31. The minimum absolute atomic E-state index is 0.0650. The molecule has 0 unspecified atom stereocenters. The van der Waals surface area contributed by atoms with Gasteiger partial charge in [-0.3, -0.25) is 9.69 Å². The number of aliphatic hydroxyl groups excluding tert-OH is 1. The van der Waals surface area contributed by atoms with Crippen LogP contribution in [-0.4, -0.2) is 70.2 Å². The van der Waals surface area contributed by atoms with Crippen molar-refractivity contribution < 1.29 is 15.0 Å². The van der Waals surface area contributed by atoms with Gasteiger partial charge in [0.15, 0.2) is 0 Å². The minimum atomic E-state index is -0.0833.